The lowest BCUT2D eigenvalue weighted by Gasteiger charge is -2.17. The third-order valence-electron chi connectivity index (χ3n) is 2.19. The lowest BCUT2D eigenvalue weighted by molar-refractivity contribution is -0.138. The molecule has 3 N–H and O–H groups in total. The molecule has 0 aromatic carbocycles. The van der Waals surface area contributed by atoms with Crippen molar-refractivity contribution < 1.29 is 27.1 Å². The number of hydrogen-bond donors (Lipinski definition) is 2. The predicted octanol–water partition coefficient (Wildman–Crippen LogP) is 1.99. The van der Waals surface area contributed by atoms with Crippen molar-refractivity contribution in [3.63, 3.8) is 0 Å². The molecule has 96 valence electrons. The van der Waals surface area contributed by atoms with E-state index in [0.29, 0.717) is 6.20 Å². The molecule has 0 aliphatic rings. The van der Waals surface area contributed by atoms with Gasteiger partial charge in [-0.15, -0.1) is 0 Å². The van der Waals surface area contributed by atoms with Gasteiger partial charge in [0.25, 0.3) is 6.43 Å². The Bertz CT molecular complexity index is 405. The summed E-state index contributed by atoms with van der Waals surface area (Å²) in [4.78, 5) is 3.19. The van der Waals surface area contributed by atoms with Crippen molar-refractivity contribution in [1.29, 1.82) is 0 Å². The van der Waals surface area contributed by atoms with Gasteiger partial charge in [0, 0.05) is 18.3 Å². The van der Waals surface area contributed by atoms with E-state index in [1.807, 2.05) is 0 Å². The van der Waals surface area contributed by atoms with Crippen molar-refractivity contribution in [2.24, 2.45) is 5.73 Å². The summed E-state index contributed by atoms with van der Waals surface area (Å²) in [5.74, 6) is 0. The SMILES string of the molecule is NCc1c(C(F)(F)F)cnc(CO)c1C(F)F. The smallest absolute Gasteiger partial charge is 0.390 e. The van der Waals surface area contributed by atoms with Crippen molar-refractivity contribution in [1.82, 2.24) is 4.98 Å². The Kier molecular flexibility index (Phi) is 3.99. The number of nitrogens with zero attached hydrogens (tertiary/aromatic N) is 1. The van der Waals surface area contributed by atoms with Gasteiger partial charge in [-0.05, 0) is 5.56 Å². The number of hydrogen-bond acceptors (Lipinski definition) is 3. The highest BCUT2D eigenvalue weighted by molar-refractivity contribution is 5.38. The molecule has 0 fully saturated rings. The van der Waals surface area contributed by atoms with Crippen LogP contribution in [0.5, 0.6) is 0 Å². The molecule has 17 heavy (non-hydrogen) atoms. The van der Waals surface area contributed by atoms with E-state index in [0.717, 1.165) is 0 Å². The predicted molar refractivity (Wildman–Crippen MR) is 48.0 cm³/mol. The highest BCUT2D eigenvalue weighted by Gasteiger charge is 2.36. The largest absolute Gasteiger partial charge is 0.418 e. The maximum Gasteiger partial charge on any atom is 0.418 e. The maximum atomic E-state index is 12.7. The summed E-state index contributed by atoms with van der Waals surface area (Å²) in [6.07, 6.45) is -7.58. The Hall–Kier alpha value is -1.28. The van der Waals surface area contributed by atoms with Crippen molar-refractivity contribution >= 4 is 0 Å². The minimum atomic E-state index is -4.81. The number of pyridine rings is 1. The van der Waals surface area contributed by atoms with Gasteiger partial charge in [0.05, 0.1) is 17.9 Å². The molecule has 0 spiro atoms. The third-order valence-corrected chi connectivity index (χ3v) is 2.19. The summed E-state index contributed by atoms with van der Waals surface area (Å²) in [7, 11) is 0. The van der Waals surface area contributed by atoms with E-state index in [4.69, 9.17) is 10.8 Å². The minimum Gasteiger partial charge on any atom is -0.390 e. The third kappa shape index (κ3) is 2.70. The average Bonchev–Trinajstić information content (AvgIpc) is 2.25. The fourth-order valence-electron chi connectivity index (χ4n) is 1.46. The number of halogens is 5. The van der Waals surface area contributed by atoms with E-state index < -0.39 is 48.1 Å². The summed E-state index contributed by atoms with van der Waals surface area (Å²) in [6.45, 7) is -1.57. The zero-order valence-electron chi connectivity index (χ0n) is 8.43. The van der Waals surface area contributed by atoms with Crippen molar-refractivity contribution in [2.45, 2.75) is 25.8 Å². The van der Waals surface area contributed by atoms with E-state index in [-0.39, 0.29) is 0 Å². The van der Waals surface area contributed by atoms with Crippen molar-refractivity contribution in [3.05, 3.63) is 28.6 Å². The molecule has 0 radical (unpaired) electrons. The van der Waals surface area contributed by atoms with Gasteiger partial charge in [0.1, 0.15) is 0 Å². The monoisotopic (exact) mass is 256 g/mol. The van der Waals surface area contributed by atoms with Crippen LogP contribution < -0.4 is 5.73 Å². The molecule has 1 aromatic heterocycles. The second-order valence-electron chi connectivity index (χ2n) is 3.17. The van der Waals surface area contributed by atoms with Gasteiger partial charge in [-0.2, -0.15) is 13.2 Å². The van der Waals surface area contributed by atoms with Gasteiger partial charge >= 0.3 is 6.18 Å². The van der Waals surface area contributed by atoms with Crippen LogP contribution >= 0.6 is 0 Å². The number of alkyl halides is 5. The zero-order chi connectivity index (χ0) is 13.2. The molecule has 1 heterocycles. The molecule has 1 rings (SSSR count). The normalized spacial score (nSPS) is 12.2. The van der Waals surface area contributed by atoms with Gasteiger partial charge in [-0.3, -0.25) is 4.98 Å². The van der Waals surface area contributed by atoms with Crippen LogP contribution in [0.2, 0.25) is 0 Å². The van der Waals surface area contributed by atoms with Crippen LogP contribution in [0.15, 0.2) is 6.20 Å². The molecule has 0 bridgehead atoms. The fraction of sp³-hybridized carbons (Fsp3) is 0.444. The second-order valence-corrected chi connectivity index (χ2v) is 3.17. The van der Waals surface area contributed by atoms with Crippen molar-refractivity contribution in [3.8, 4) is 0 Å². The maximum absolute atomic E-state index is 12.7. The van der Waals surface area contributed by atoms with Gasteiger partial charge in [-0.25, -0.2) is 8.78 Å². The van der Waals surface area contributed by atoms with E-state index >= 15 is 0 Å². The Morgan fingerprint density at radius 3 is 2.29 bits per heavy atom. The number of nitrogens with two attached hydrogens (primary N) is 1. The van der Waals surface area contributed by atoms with Gasteiger partial charge in [0.15, 0.2) is 0 Å². The van der Waals surface area contributed by atoms with Crippen LogP contribution in [-0.4, -0.2) is 10.1 Å². The Morgan fingerprint density at radius 2 is 1.94 bits per heavy atom. The van der Waals surface area contributed by atoms with E-state index in [1.165, 1.54) is 0 Å². The number of aliphatic hydroxyl groups is 1. The van der Waals surface area contributed by atoms with E-state index in [1.54, 1.807) is 0 Å². The van der Waals surface area contributed by atoms with Crippen molar-refractivity contribution in [2.75, 3.05) is 0 Å². The molecule has 0 saturated heterocycles. The van der Waals surface area contributed by atoms with Crippen LogP contribution in [-0.2, 0) is 19.3 Å². The number of aliphatic hydroxyl groups excluding tert-OH is 1. The molecule has 0 aliphatic heterocycles. The van der Waals surface area contributed by atoms with Crippen LogP contribution in [0.4, 0.5) is 22.0 Å². The molecule has 0 amide bonds. The van der Waals surface area contributed by atoms with Crippen LogP contribution in [0.3, 0.4) is 0 Å². The minimum absolute atomic E-state index is 0.402. The Morgan fingerprint density at radius 1 is 1.35 bits per heavy atom. The molecule has 0 aliphatic carbocycles. The first-order chi connectivity index (χ1) is 7.82. The standard InChI is InChI=1S/C9H9F5N2O/c10-8(11)7-4(1-15)5(9(12,13)14)2-16-6(7)3-17/h2,8,17H,1,3,15H2. The molecule has 0 saturated carbocycles. The second kappa shape index (κ2) is 4.92. The molecular weight excluding hydrogens is 247 g/mol. The summed E-state index contributed by atoms with van der Waals surface area (Å²) in [5, 5.41) is 8.76. The summed E-state index contributed by atoms with van der Waals surface area (Å²) in [6, 6.07) is 0. The first-order valence-electron chi connectivity index (χ1n) is 4.49. The number of rotatable bonds is 3. The van der Waals surface area contributed by atoms with Gasteiger partial charge in [-0.1, -0.05) is 0 Å². The molecule has 0 atom stereocenters. The number of aromatic nitrogens is 1. The summed E-state index contributed by atoms with van der Waals surface area (Å²) in [5.41, 5.74) is 1.61. The molecule has 1 aromatic rings. The van der Waals surface area contributed by atoms with Gasteiger partial charge in [0.2, 0.25) is 0 Å². The quantitative estimate of drug-likeness (QED) is 0.813. The molecular formula is C9H9F5N2O. The van der Waals surface area contributed by atoms with Crippen LogP contribution in [0.25, 0.3) is 0 Å². The van der Waals surface area contributed by atoms with Crippen LogP contribution in [0, 0.1) is 0 Å². The average molecular weight is 256 g/mol. The summed E-state index contributed by atoms with van der Waals surface area (Å²) < 4.78 is 62.8. The topological polar surface area (TPSA) is 59.1 Å². The van der Waals surface area contributed by atoms with Gasteiger partial charge < -0.3 is 10.8 Å². The lowest BCUT2D eigenvalue weighted by atomic mass is 10.0. The first kappa shape index (κ1) is 13.8. The molecule has 3 nitrogen and oxygen atoms in total. The highest BCUT2D eigenvalue weighted by atomic mass is 19.4. The fourth-order valence-corrected chi connectivity index (χ4v) is 1.46. The first-order valence-corrected chi connectivity index (χ1v) is 4.49. The lowest BCUT2D eigenvalue weighted by Crippen LogP contribution is -2.17. The van der Waals surface area contributed by atoms with Crippen LogP contribution in [0.1, 0.15) is 28.8 Å². The Labute approximate surface area is 93.1 Å². The highest BCUT2D eigenvalue weighted by Crippen LogP contribution is 2.36. The zero-order valence-corrected chi connectivity index (χ0v) is 8.43. The summed E-state index contributed by atoms with van der Waals surface area (Å²) >= 11 is 0. The van der Waals surface area contributed by atoms with E-state index in [2.05, 4.69) is 4.98 Å². The van der Waals surface area contributed by atoms with E-state index in [9.17, 15) is 22.0 Å². The molecule has 0 unspecified atom stereocenters. The molecule has 8 heteroatoms. The Balaban J connectivity index is 3.52.